The fourth-order valence-electron chi connectivity index (χ4n) is 4.19. The Labute approximate surface area is 210 Å². The van der Waals surface area contributed by atoms with Crippen LogP contribution in [0.15, 0.2) is 34.3 Å². The SMILES string of the molecule is CC1=C(C2=CCC(CCC(C)NC(CCC(=O)O)C(=O)NC(CCC(=O)O)C(N)=O)C=C2)SCC1. The van der Waals surface area contributed by atoms with Gasteiger partial charge in [0, 0.05) is 29.5 Å². The van der Waals surface area contributed by atoms with Gasteiger partial charge in [0.25, 0.3) is 0 Å². The summed E-state index contributed by atoms with van der Waals surface area (Å²) in [5.41, 5.74) is 8.07. The number of carbonyl (C=O) groups excluding carboxylic acids is 2. The van der Waals surface area contributed by atoms with E-state index in [1.807, 2.05) is 18.7 Å². The summed E-state index contributed by atoms with van der Waals surface area (Å²) in [5, 5.41) is 23.6. The van der Waals surface area contributed by atoms with E-state index in [0.717, 1.165) is 31.4 Å². The fourth-order valence-corrected chi connectivity index (χ4v) is 5.47. The van der Waals surface area contributed by atoms with E-state index < -0.39 is 35.8 Å². The quantitative estimate of drug-likeness (QED) is 0.226. The first kappa shape index (κ1) is 28.6. The zero-order chi connectivity index (χ0) is 26.0. The van der Waals surface area contributed by atoms with Gasteiger partial charge in [-0.05, 0) is 63.9 Å². The minimum atomic E-state index is -1.13. The molecular weight excluding hydrogens is 470 g/mol. The number of carbonyl (C=O) groups is 4. The van der Waals surface area contributed by atoms with Gasteiger partial charge in [0.2, 0.25) is 11.8 Å². The number of rotatable bonds is 15. The van der Waals surface area contributed by atoms with Crippen molar-refractivity contribution in [2.75, 3.05) is 5.75 Å². The number of carboxylic acid groups (broad SMARTS) is 2. The Bertz CT molecular complexity index is 898. The second-order valence-electron chi connectivity index (χ2n) is 9.25. The molecule has 1 aliphatic carbocycles. The van der Waals surface area contributed by atoms with Crippen LogP contribution in [0.2, 0.25) is 0 Å². The highest BCUT2D eigenvalue weighted by molar-refractivity contribution is 8.03. The molecule has 0 aromatic carbocycles. The van der Waals surface area contributed by atoms with Gasteiger partial charge in [-0.2, -0.15) is 0 Å². The Morgan fingerprint density at radius 2 is 1.77 bits per heavy atom. The average molecular weight is 508 g/mol. The van der Waals surface area contributed by atoms with Crippen LogP contribution in [0.5, 0.6) is 0 Å². The number of nitrogens with one attached hydrogen (secondary N) is 2. The van der Waals surface area contributed by atoms with Crippen LogP contribution in [0, 0.1) is 5.92 Å². The summed E-state index contributed by atoms with van der Waals surface area (Å²) in [6, 6.07) is -2.04. The van der Waals surface area contributed by atoms with E-state index in [9.17, 15) is 19.2 Å². The van der Waals surface area contributed by atoms with Gasteiger partial charge in [0.15, 0.2) is 0 Å². The summed E-state index contributed by atoms with van der Waals surface area (Å²) in [6.45, 7) is 4.13. The van der Waals surface area contributed by atoms with Gasteiger partial charge in [0.05, 0.1) is 6.04 Å². The van der Waals surface area contributed by atoms with Gasteiger partial charge in [-0.25, -0.2) is 0 Å². The highest BCUT2D eigenvalue weighted by atomic mass is 32.2. The molecule has 0 fully saturated rings. The molecule has 35 heavy (non-hydrogen) atoms. The van der Waals surface area contributed by atoms with E-state index >= 15 is 0 Å². The van der Waals surface area contributed by atoms with Crippen LogP contribution < -0.4 is 16.4 Å². The van der Waals surface area contributed by atoms with Crippen molar-refractivity contribution in [1.29, 1.82) is 0 Å². The zero-order valence-corrected chi connectivity index (χ0v) is 21.2. The molecule has 0 aromatic rings. The number of allylic oxidation sites excluding steroid dienone is 5. The van der Waals surface area contributed by atoms with Gasteiger partial charge in [-0.3, -0.25) is 19.2 Å². The van der Waals surface area contributed by atoms with Crippen LogP contribution in [0.25, 0.3) is 0 Å². The number of carboxylic acids is 2. The van der Waals surface area contributed by atoms with Gasteiger partial charge >= 0.3 is 11.9 Å². The van der Waals surface area contributed by atoms with E-state index in [0.29, 0.717) is 5.92 Å². The molecule has 0 aromatic heterocycles. The van der Waals surface area contributed by atoms with Crippen LogP contribution in [0.3, 0.4) is 0 Å². The molecule has 0 bridgehead atoms. The lowest BCUT2D eigenvalue weighted by atomic mass is 9.90. The van der Waals surface area contributed by atoms with Crippen LogP contribution >= 0.6 is 11.8 Å². The molecule has 4 unspecified atom stereocenters. The molecule has 1 aliphatic heterocycles. The molecular formula is C25H37N3O6S. The number of nitrogens with two attached hydrogens (primary N) is 1. The van der Waals surface area contributed by atoms with E-state index in [2.05, 4.69) is 35.8 Å². The van der Waals surface area contributed by atoms with Crippen molar-refractivity contribution in [3.8, 4) is 0 Å². The van der Waals surface area contributed by atoms with Crippen molar-refractivity contribution >= 4 is 35.5 Å². The van der Waals surface area contributed by atoms with Crippen molar-refractivity contribution in [2.45, 2.75) is 83.3 Å². The Kier molecular flexibility index (Phi) is 11.5. The van der Waals surface area contributed by atoms with E-state index in [4.69, 9.17) is 15.9 Å². The number of primary amides is 1. The van der Waals surface area contributed by atoms with Crippen LogP contribution in [-0.4, -0.2) is 57.8 Å². The Hall–Kier alpha value is -2.59. The molecule has 0 saturated heterocycles. The van der Waals surface area contributed by atoms with Crippen molar-refractivity contribution in [1.82, 2.24) is 10.6 Å². The fraction of sp³-hybridized carbons (Fsp3) is 0.600. The molecule has 0 radical (unpaired) electrons. The molecule has 1 heterocycles. The lowest BCUT2D eigenvalue weighted by molar-refractivity contribution is -0.139. The predicted octanol–water partition coefficient (Wildman–Crippen LogP) is 2.73. The van der Waals surface area contributed by atoms with Crippen LogP contribution in [0.4, 0.5) is 0 Å². The monoisotopic (exact) mass is 507 g/mol. The Morgan fingerprint density at radius 3 is 2.29 bits per heavy atom. The highest BCUT2D eigenvalue weighted by Gasteiger charge is 2.26. The zero-order valence-electron chi connectivity index (χ0n) is 20.4. The molecule has 0 saturated carbocycles. The minimum Gasteiger partial charge on any atom is -0.481 e. The molecule has 4 atom stereocenters. The predicted molar refractivity (Wildman–Crippen MR) is 136 cm³/mol. The van der Waals surface area contributed by atoms with Gasteiger partial charge < -0.3 is 26.6 Å². The molecule has 194 valence electrons. The second kappa shape index (κ2) is 14.1. The molecule has 6 N–H and O–H groups in total. The molecule has 2 rings (SSSR count). The van der Waals surface area contributed by atoms with Crippen LogP contribution in [-0.2, 0) is 19.2 Å². The minimum absolute atomic E-state index is 0.0392. The van der Waals surface area contributed by atoms with Gasteiger partial charge in [0.1, 0.15) is 6.04 Å². The third-order valence-electron chi connectivity index (χ3n) is 6.29. The smallest absolute Gasteiger partial charge is 0.303 e. The molecule has 9 nitrogen and oxygen atoms in total. The summed E-state index contributed by atoms with van der Waals surface area (Å²) in [4.78, 5) is 47.7. The first-order valence-corrected chi connectivity index (χ1v) is 13.1. The summed E-state index contributed by atoms with van der Waals surface area (Å²) in [7, 11) is 0. The number of thioether (sulfide) groups is 1. The third kappa shape index (κ3) is 9.89. The Morgan fingerprint density at radius 1 is 1.11 bits per heavy atom. The summed E-state index contributed by atoms with van der Waals surface area (Å²) >= 11 is 1.92. The molecule has 10 heteroatoms. The highest BCUT2D eigenvalue weighted by Crippen LogP contribution is 2.38. The van der Waals surface area contributed by atoms with Crippen molar-refractivity contribution < 1.29 is 29.4 Å². The molecule has 2 amide bonds. The third-order valence-corrected chi connectivity index (χ3v) is 7.57. The number of amides is 2. The largest absolute Gasteiger partial charge is 0.481 e. The summed E-state index contributed by atoms with van der Waals surface area (Å²) in [6.07, 6.45) is 9.91. The molecule has 0 spiro atoms. The number of aliphatic carboxylic acids is 2. The number of hydrogen-bond acceptors (Lipinski definition) is 6. The lowest BCUT2D eigenvalue weighted by Crippen LogP contribution is -2.53. The second-order valence-corrected chi connectivity index (χ2v) is 10.4. The van der Waals surface area contributed by atoms with E-state index in [1.165, 1.54) is 16.1 Å². The van der Waals surface area contributed by atoms with Crippen molar-refractivity contribution in [3.05, 3.63) is 34.3 Å². The average Bonchev–Trinajstić information content (AvgIpc) is 3.23. The maximum absolute atomic E-state index is 12.8. The van der Waals surface area contributed by atoms with Crippen molar-refractivity contribution in [3.63, 3.8) is 0 Å². The normalized spacial score (nSPS) is 20.2. The summed E-state index contributed by atoms with van der Waals surface area (Å²) < 4.78 is 0. The van der Waals surface area contributed by atoms with Gasteiger partial charge in [-0.15, -0.1) is 11.8 Å². The van der Waals surface area contributed by atoms with Crippen LogP contribution in [0.1, 0.15) is 65.2 Å². The first-order valence-electron chi connectivity index (χ1n) is 12.1. The maximum atomic E-state index is 12.8. The lowest BCUT2D eigenvalue weighted by Gasteiger charge is -2.25. The van der Waals surface area contributed by atoms with E-state index in [-0.39, 0.29) is 31.7 Å². The first-order chi connectivity index (χ1) is 16.6. The topological polar surface area (TPSA) is 159 Å². The standard InChI is InChI=1S/C25H37N3O6S/c1-15-13-14-35-23(15)18-7-5-17(6-8-18)4-3-16(2)27-20(10-12-22(31)32)25(34)28-19(24(26)33)9-11-21(29)30/h5,7-8,16-17,19-20,27H,3-4,6,9-14H2,1-2H3,(H2,26,33)(H,28,34)(H,29,30)(H,31,32). The van der Waals surface area contributed by atoms with Gasteiger partial charge in [-0.1, -0.05) is 23.8 Å². The molecule has 2 aliphatic rings. The Balaban J connectivity index is 1.89. The maximum Gasteiger partial charge on any atom is 0.303 e. The van der Waals surface area contributed by atoms with Crippen molar-refractivity contribution in [2.24, 2.45) is 11.7 Å². The summed E-state index contributed by atoms with van der Waals surface area (Å²) in [5.74, 6) is -1.98. The van der Waals surface area contributed by atoms with E-state index in [1.54, 1.807) is 0 Å². The number of hydrogen-bond donors (Lipinski definition) is 5.